The van der Waals surface area contributed by atoms with Crippen LogP contribution in [0.25, 0.3) is 0 Å². The van der Waals surface area contributed by atoms with Crippen molar-refractivity contribution >= 4 is 27.5 Å². The Bertz CT molecular complexity index is 1510. The molecule has 3 aromatic rings. The lowest BCUT2D eigenvalue weighted by Gasteiger charge is -2.33. The van der Waals surface area contributed by atoms with Gasteiger partial charge in [-0.15, -0.1) is 0 Å². The molecule has 0 heterocycles. The fourth-order valence-electron chi connectivity index (χ4n) is 5.48. The molecule has 4 rings (SSSR count). The van der Waals surface area contributed by atoms with Gasteiger partial charge in [0.1, 0.15) is 24.1 Å². The van der Waals surface area contributed by atoms with Gasteiger partial charge in [-0.25, -0.2) is 8.42 Å². The van der Waals surface area contributed by atoms with Gasteiger partial charge in [0.05, 0.1) is 24.8 Å². The Morgan fingerprint density at radius 1 is 0.932 bits per heavy atom. The number of carbonyl (C=O) groups is 2. The minimum Gasteiger partial charge on any atom is -0.497 e. The van der Waals surface area contributed by atoms with Crippen molar-refractivity contribution in [3.63, 3.8) is 0 Å². The maximum Gasteiger partial charge on any atom is 0.264 e. The highest BCUT2D eigenvalue weighted by atomic mass is 32.2. The van der Waals surface area contributed by atoms with Crippen molar-refractivity contribution in [2.24, 2.45) is 0 Å². The topological polar surface area (TPSA) is 105 Å². The lowest BCUT2D eigenvalue weighted by molar-refractivity contribution is -0.139. The molecule has 3 aromatic carbocycles. The third-order valence-corrected chi connectivity index (χ3v) is 9.92. The summed E-state index contributed by atoms with van der Waals surface area (Å²) in [6.07, 6.45) is 5.60. The van der Waals surface area contributed by atoms with Gasteiger partial charge in [-0.1, -0.05) is 67.3 Å². The van der Waals surface area contributed by atoms with E-state index in [-0.39, 0.29) is 34.8 Å². The predicted octanol–water partition coefficient (Wildman–Crippen LogP) is 5.12. The van der Waals surface area contributed by atoms with E-state index in [9.17, 15) is 18.0 Å². The first-order valence-corrected chi connectivity index (χ1v) is 16.5. The number of benzene rings is 3. The monoisotopic (exact) mass is 621 g/mol. The van der Waals surface area contributed by atoms with E-state index in [1.165, 1.54) is 37.3 Å². The van der Waals surface area contributed by atoms with Crippen LogP contribution in [0, 0.1) is 6.92 Å². The molecule has 1 aliphatic carbocycles. The van der Waals surface area contributed by atoms with Gasteiger partial charge in [0.25, 0.3) is 10.0 Å². The lowest BCUT2D eigenvalue weighted by Crippen LogP contribution is -2.53. The Morgan fingerprint density at radius 2 is 1.61 bits per heavy atom. The molecule has 10 heteroatoms. The number of rotatable bonds is 13. The Morgan fingerprint density at radius 3 is 2.25 bits per heavy atom. The molecule has 0 aromatic heterocycles. The zero-order valence-corrected chi connectivity index (χ0v) is 26.8. The molecule has 0 saturated heterocycles. The van der Waals surface area contributed by atoms with Crippen molar-refractivity contribution in [1.82, 2.24) is 10.2 Å². The van der Waals surface area contributed by atoms with Crippen LogP contribution in [0.2, 0.25) is 0 Å². The Balaban J connectivity index is 1.70. The van der Waals surface area contributed by atoms with E-state index in [0.717, 1.165) is 47.5 Å². The lowest BCUT2D eigenvalue weighted by atomic mass is 9.95. The summed E-state index contributed by atoms with van der Waals surface area (Å²) in [5.74, 6) is -0.0928. The van der Waals surface area contributed by atoms with Crippen molar-refractivity contribution in [2.45, 2.75) is 69.4 Å². The second-order valence-electron chi connectivity index (χ2n) is 11.2. The normalized spacial score (nSPS) is 14.4. The fraction of sp³-hybridized carbons (Fsp3) is 0.412. The van der Waals surface area contributed by atoms with Crippen molar-refractivity contribution in [3.05, 3.63) is 83.9 Å². The second kappa shape index (κ2) is 15.1. The summed E-state index contributed by atoms with van der Waals surface area (Å²) < 4.78 is 40.4. The van der Waals surface area contributed by atoms with E-state index >= 15 is 0 Å². The number of anilines is 1. The largest absolute Gasteiger partial charge is 0.497 e. The summed E-state index contributed by atoms with van der Waals surface area (Å²) in [5, 5.41) is 3.13. The molecule has 1 fully saturated rings. The molecule has 0 bridgehead atoms. The number of hydrogen-bond acceptors (Lipinski definition) is 6. The third kappa shape index (κ3) is 8.11. The molecule has 9 nitrogen and oxygen atoms in total. The van der Waals surface area contributed by atoms with Crippen LogP contribution in [0.5, 0.6) is 11.5 Å². The van der Waals surface area contributed by atoms with Gasteiger partial charge in [-0.3, -0.25) is 13.9 Å². The van der Waals surface area contributed by atoms with Crippen molar-refractivity contribution in [3.8, 4) is 11.5 Å². The number of carbonyl (C=O) groups excluding carboxylic acids is 2. The first kappa shape index (κ1) is 32.9. The van der Waals surface area contributed by atoms with Crippen LogP contribution in [0.3, 0.4) is 0 Å². The minimum atomic E-state index is -4.24. The second-order valence-corrected chi connectivity index (χ2v) is 13.1. The maximum atomic E-state index is 14.2. The highest BCUT2D eigenvalue weighted by Gasteiger charge is 2.34. The van der Waals surface area contributed by atoms with Gasteiger partial charge in [0.15, 0.2) is 0 Å². The average molecular weight is 622 g/mol. The van der Waals surface area contributed by atoms with Crippen molar-refractivity contribution in [1.29, 1.82) is 0 Å². The Hall–Kier alpha value is -4.05. The fourth-order valence-corrected chi connectivity index (χ4v) is 6.90. The molecule has 0 aliphatic heterocycles. The highest BCUT2D eigenvalue weighted by Crippen LogP contribution is 2.36. The summed E-state index contributed by atoms with van der Waals surface area (Å²) >= 11 is 0. The SMILES string of the molecule is COc1ccc(OC)c(N(CC(=O)N(CCc2ccccc2)[C@H](C)C(=O)NC2CCCCC2)S(=O)(=O)c2ccc(C)cc2)c1. The first-order valence-electron chi connectivity index (χ1n) is 15.1. The third-order valence-electron chi connectivity index (χ3n) is 8.15. The molecule has 1 atom stereocenters. The summed E-state index contributed by atoms with van der Waals surface area (Å²) in [7, 11) is -1.33. The molecule has 1 N–H and O–H groups in total. The summed E-state index contributed by atoms with van der Waals surface area (Å²) in [6.45, 7) is 3.25. The molecule has 1 aliphatic rings. The molecule has 1 saturated carbocycles. The van der Waals surface area contributed by atoms with Crippen LogP contribution >= 0.6 is 0 Å². The quantitative estimate of drug-likeness (QED) is 0.284. The van der Waals surface area contributed by atoms with Gasteiger partial charge in [-0.2, -0.15) is 0 Å². The van der Waals surface area contributed by atoms with E-state index in [0.29, 0.717) is 12.2 Å². The van der Waals surface area contributed by atoms with E-state index in [4.69, 9.17) is 9.47 Å². The molecule has 2 amide bonds. The molecule has 0 unspecified atom stereocenters. The van der Waals surface area contributed by atoms with E-state index < -0.39 is 28.5 Å². The molecular formula is C34H43N3O6S. The van der Waals surface area contributed by atoms with E-state index in [1.807, 2.05) is 37.3 Å². The summed E-state index contributed by atoms with van der Waals surface area (Å²) in [4.78, 5) is 29.2. The number of hydrogen-bond donors (Lipinski definition) is 1. The van der Waals surface area contributed by atoms with Crippen LogP contribution in [0.15, 0.2) is 77.7 Å². The van der Waals surface area contributed by atoms with Crippen LogP contribution in [0.4, 0.5) is 5.69 Å². The van der Waals surface area contributed by atoms with Crippen molar-refractivity contribution in [2.75, 3.05) is 31.6 Å². The maximum absolute atomic E-state index is 14.2. The molecule has 236 valence electrons. The molecular weight excluding hydrogens is 578 g/mol. The number of methoxy groups -OCH3 is 2. The van der Waals surface area contributed by atoms with Crippen molar-refractivity contribution < 1.29 is 27.5 Å². The zero-order chi connectivity index (χ0) is 31.7. The number of nitrogens with zero attached hydrogens (tertiary/aromatic N) is 2. The molecule has 0 spiro atoms. The van der Waals surface area contributed by atoms with Crippen LogP contribution < -0.4 is 19.1 Å². The van der Waals surface area contributed by atoms with E-state index in [1.54, 1.807) is 31.2 Å². The zero-order valence-electron chi connectivity index (χ0n) is 26.0. The Labute approximate surface area is 261 Å². The van der Waals surface area contributed by atoms with Crippen LogP contribution in [-0.4, -0.2) is 64.5 Å². The predicted molar refractivity (Wildman–Crippen MR) is 172 cm³/mol. The van der Waals surface area contributed by atoms with Gasteiger partial charge in [0, 0.05) is 18.7 Å². The summed E-state index contributed by atoms with van der Waals surface area (Å²) in [6, 6.07) is 20.2. The standard InChI is InChI=1S/C34H43N3O6S/c1-25-15-18-30(19-16-25)44(40,41)37(31-23-29(42-3)17-20-32(31)43-4)24-33(38)36(22-21-27-11-7-5-8-12-27)26(2)34(39)35-28-13-9-6-10-14-28/h5,7-8,11-12,15-20,23,26,28H,6,9-10,13-14,21-22,24H2,1-4H3,(H,35,39)/t26-/m1/s1. The molecule has 44 heavy (non-hydrogen) atoms. The smallest absolute Gasteiger partial charge is 0.264 e. The van der Waals surface area contributed by atoms with E-state index in [2.05, 4.69) is 5.32 Å². The number of aryl methyl sites for hydroxylation is 1. The number of amides is 2. The Kier molecular flexibility index (Phi) is 11.3. The first-order chi connectivity index (χ1) is 21.1. The van der Waals surface area contributed by atoms with Gasteiger partial charge >= 0.3 is 0 Å². The number of ether oxygens (including phenoxy) is 2. The van der Waals surface area contributed by atoms with Crippen LogP contribution in [0.1, 0.15) is 50.2 Å². The minimum absolute atomic E-state index is 0.0275. The van der Waals surface area contributed by atoms with Gasteiger partial charge < -0.3 is 19.7 Å². The average Bonchev–Trinajstić information content (AvgIpc) is 3.04. The highest BCUT2D eigenvalue weighted by molar-refractivity contribution is 7.92. The van der Waals surface area contributed by atoms with Crippen LogP contribution in [-0.2, 0) is 26.0 Å². The van der Waals surface area contributed by atoms with Gasteiger partial charge in [0.2, 0.25) is 11.8 Å². The number of nitrogens with one attached hydrogen (secondary N) is 1. The molecule has 0 radical (unpaired) electrons. The number of sulfonamides is 1. The van der Waals surface area contributed by atoms with Gasteiger partial charge in [-0.05, 0) is 62.9 Å². The summed E-state index contributed by atoms with van der Waals surface area (Å²) in [5.41, 5.74) is 2.06.